The number of carbonyl (C=O) groups excluding carboxylic acids is 1. The fourth-order valence-electron chi connectivity index (χ4n) is 2.30. The van der Waals surface area contributed by atoms with Crippen LogP contribution < -0.4 is 0 Å². The monoisotopic (exact) mass is 298 g/mol. The van der Waals surface area contributed by atoms with Gasteiger partial charge in [0.15, 0.2) is 0 Å². The second kappa shape index (κ2) is 5.25. The third-order valence-corrected chi connectivity index (χ3v) is 4.56. The molecule has 0 bridgehead atoms. The van der Waals surface area contributed by atoms with Gasteiger partial charge in [0.25, 0.3) is 0 Å². The van der Waals surface area contributed by atoms with Gasteiger partial charge in [-0.25, -0.2) is 0 Å². The molecule has 0 amide bonds. The van der Waals surface area contributed by atoms with E-state index in [0.29, 0.717) is 13.2 Å². The average molecular weight is 298 g/mol. The molecule has 6 heteroatoms. The molecule has 21 heavy (non-hydrogen) atoms. The van der Waals surface area contributed by atoms with Crippen molar-refractivity contribution < 1.29 is 23.6 Å². The van der Waals surface area contributed by atoms with Gasteiger partial charge in [0.2, 0.25) is 0 Å². The van der Waals surface area contributed by atoms with Crippen LogP contribution in [0, 0.1) is 5.41 Å². The third kappa shape index (κ3) is 3.27. The zero-order valence-corrected chi connectivity index (χ0v) is 14.2. The molecular weight excluding hydrogens is 271 g/mol. The SMILES string of the molecule is CC(C)(C)C(=O)OC1COCC1B1OC(C)(C)C(C)(C)O1. The van der Waals surface area contributed by atoms with Gasteiger partial charge in [-0.05, 0) is 48.5 Å². The van der Waals surface area contributed by atoms with Crippen LogP contribution in [-0.2, 0) is 23.6 Å². The topological polar surface area (TPSA) is 54.0 Å². The van der Waals surface area contributed by atoms with Crippen molar-refractivity contribution in [1.82, 2.24) is 0 Å². The van der Waals surface area contributed by atoms with Crippen molar-refractivity contribution in [3.05, 3.63) is 0 Å². The molecule has 0 aromatic carbocycles. The van der Waals surface area contributed by atoms with Crippen molar-refractivity contribution in [3.63, 3.8) is 0 Å². The lowest BCUT2D eigenvalue weighted by molar-refractivity contribution is -0.158. The molecule has 2 atom stereocenters. The molecule has 2 unspecified atom stereocenters. The summed E-state index contributed by atoms with van der Waals surface area (Å²) in [7, 11) is -0.407. The minimum atomic E-state index is -0.525. The van der Waals surface area contributed by atoms with Crippen molar-refractivity contribution in [2.75, 3.05) is 13.2 Å². The van der Waals surface area contributed by atoms with E-state index in [1.807, 2.05) is 48.5 Å². The van der Waals surface area contributed by atoms with Crippen molar-refractivity contribution in [2.45, 2.75) is 71.6 Å². The lowest BCUT2D eigenvalue weighted by Gasteiger charge is -2.32. The Balaban J connectivity index is 2.05. The van der Waals surface area contributed by atoms with Crippen LogP contribution >= 0.6 is 0 Å². The molecule has 2 aliphatic rings. The van der Waals surface area contributed by atoms with Crippen LogP contribution in [0.15, 0.2) is 0 Å². The Kier molecular flexibility index (Phi) is 4.19. The Bertz CT molecular complexity index is 397. The summed E-state index contributed by atoms with van der Waals surface area (Å²) in [6, 6.07) is 0. The van der Waals surface area contributed by atoms with Crippen LogP contribution in [0.25, 0.3) is 0 Å². The van der Waals surface area contributed by atoms with Crippen LogP contribution in [0.3, 0.4) is 0 Å². The molecule has 2 saturated heterocycles. The molecule has 0 aromatic rings. The van der Waals surface area contributed by atoms with Crippen LogP contribution in [-0.4, -0.2) is 43.6 Å². The normalized spacial score (nSPS) is 31.5. The fourth-order valence-corrected chi connectivity index (χ4v) is 2.30. The molecule has 0 aliphatic carbocycles. The first-order valence-electron chi connectivity index (χ1n) is 7.58. The number of ether oxygens (including phenoxy) is 2. The van der Waals surface area contributed by atoms with Gasteiger partial charge in [-0.1, -0.05) is 0 Å². The summed E-state index contributed by atoms with van der Waals surface area (Å²) >= 11 is 0. The summed E-state index contributed by atoms with van der Waals surface area (Å²) in [5.74, 6) is -0.308. The van der Waals surface area contributed by atoms with Gasteiger partial charge in [0.05, 0.1) is 35.6 Å². The van der Waals surface area contributed by atoms with Gasteiger partial charge >= 0.3 is 13.1 Å². The predicted molar refractivity (Wildman–Crippen MR) is 80.0 cm³/mol. The van der Waals surface area contributed by atoms with Gasteiger partial charge in [-0.15, -0.1) is 0 Å². The third-order valence-electron chi connectivity index (χ3n) is 4.56. The van der Waals surface area contributed by atoms with E-state index in [4.69, 9.17) is 18.8 Å². The smallest absolute Gasteiger partial charge is 0.460 e. The molecule has 0 N–H and O–H groups in total. The van der Waals surface area contributed by atoms with E-state index >= 15 is 0 Å². The fraction of sp³-hybridized carbons (Fsp3) is 0.933. The zero-order valence-electron chi connectivity index (χ0n) is 14.2. The Morgan fingerprint density at radius 1 is 1.10 bits per heavy atom. The molecule has 2 heterocycles. The lowest BCUT2D eigenvalue weighted by Crippen LogP contribution is -2.41. The summed E-state index contributed by atoms with van der Waals surface area (Å²) in [6.45, 7) is 14.5. The minimum Gasteiger partial charge on any atom is -0.460 e. The molecule has 0 aromatic heterocycles. The minimum absolute atomic E-state index is 0.0858. The van der Waals surface area contributed by atoms with Gasteiger partial charge in [-0.3, -0.25) is 4.79 Å². The van der Waals surface area contributed by atoms with E-state index in [2.05, 4.69) is 0 Å². The molecule has 0 radical (unpaired) electrons. The number of rotatable bonds is 2. The van der Waals surface area contributed by atoms with Crippen molar-refractivity contribution in [2.24, 2.45) is 5.41 Å². The maximum Gasteiger partial charge on any atom is 0.467 e. The van der Waals surface area contributed by atoms with Crippen LogP contribution in [0.4, 0.5) is 0 Å². The van der Waals surface area contributed by atoms with Crippen LogP contribution in [0.5, 0.6) is 0 Å². The summed E-state index contributed by atoms with van der Waals surface area (Å²) in [6.07, 6.45) is -0.313. The maximum absolute atomic E-state index is 12.1. The summed E-state index contributed by atoms with van der Waals surface area (Å²) in [5, 5.41) is 0. The number of hydrogen-bond donors (Lipinski definition) is 0. The predicted octanol–water partition coefficient (Wildman–Crippen LogP) is 2.44. The number of carbonyl (C=O) groups is 1. The molecule has 2 fully saturated rings. The highest BCUT2D eigenvalue weighted by Gasteiger charge is 2.57. The highest BCUT2D eigenvalue weighted by Crippen LogP contribution is 2.42. The van der Waals surface area contributed by atoms with Gasteiger partial charge in [0.1, 0.15) is 6.10 Å². The summed E-state index contributed by atoms with van der Waals surface area (Å²) in [5.41, 5.74) is -1.30. The largest absolute Gasteiger partial charge is 0.467 e. The molecule has 5 nitrogen and oxygen atoms in total. The van der Waals surface area contributed by atoms with E-state index in [1.54, 1.807) is 0 Å². The molecule has 2 rings (SSSR count). The van der Waals surface area contributed by atoms with Gasteiger partial charge < -0.3 is 18.8 Å². The van der Waals surface area contributed by atoms with Crippen molar-refractivity contribution >= 4 is 13.1 Å². The first-order valence-corrected chi connectivity index (χ1v) is 7.58. The highest BCUT2D eigenvalue weighted by atomic mass is 16.7. The summed E-state index contributed by atoms with van der Waals surface area (Å²) < 4.78 is 23.2. The zero-order chi connectivity index (χ0) is 16.1. The first kappa shape index (κ1) is 16.8. The summed E-state index contributed by atoms with van der Waals surface area (Å²) in [4.78, 5) is 12.1. The van der Waals surface area contributed by atoms with Gasteiger partial charge in [-0.2, -0.15) is 0 Å². The molecule has 120 valence electrons. The average Bonchev–Trinajstić information content (AvgIpc) is 2.81. The van der Waals surface area contributed by atoms with Crippen LogP contribution in [0.1, 0.15) is 48.5 Å². The highest BCUT2D eigenvalue weighted by molar-refractivity contribution is 6.48. The van der Waals surface area contributed by atoms with Crippen molar-refractivity contribution in [1.29, 1.82) is 0 Å². The Hall–Kier alpha value is -0.585. The van der Waals surface area contributed by atoms with E-state index in [1.165, 1.54) is 0 Å². The Morgan fingerprint density at radius 2 is 1.62 bits per heavy atom. The Labute approximate surface area is 127 Å². The van der Waals surface area contributed by atoms with E-state index in [9.17, 15) is 4.79 Å². The molecular formula is C15H27BO5. The lowest BCUT2D eigenvalue weighted by atomic mass is 9.70. The first-order chi connectivity index (χ1) is 9.44. The number of hydrogen-bond acceptors (Lipinski definition) is 5. The van der Waals surface area contributed by atoms with Gasteiger partial charge in [0, 0.05) is 0 Å². The molecule has 0 spiro atoms. The maximum atomic E-state index is 12.1. The van der Waals surface area contributed by atoms with E-state index in [0.717, 1.165) is 0 Å². The van der Waals surface area contributed by atoms with E-state index < -0.39 is 23.7 Å². The molecule has 0 saturated carbocycles. The molecule has 2 aliphatic heterocycles. The second-order valence-corrected chi connectivity index (χ2v) is 8.02. The quantitative estimate of drug-likeness (QED) is 0.579. The standard InChI is InChI=1S/C15H27BO5/c1-13(2,3)12(17)19-11-9-18-8-10(11)16-20-14(4,5)15(6,7)21-16/h10-11H,8-9H2,1-7H3. The van der Waals surface area contributed by atoms with Crippen molar-refractivity contribution in [3.8, 4) is 0 Å². The second-order valence-electron chi connectivity index (χ2n) is 8.02. The van der Waals surface area contributed by atoms with E-state index in [-0.39, 0.29) is 17.9 Å². The number of esters is 1. The van der Waals surface area contributed by atoms with Crippen LogP contribution in [0.2, 0.25) is 5.82 Å². The Morgan fingerprint density at radius 3 is 2.10 bits per heavy atom.